The number of hydrogen-bond acceptors (Lipinski definition) is 2. The predicted molar refractivity (Wildman–Crippen MR) is 288 cm³/mol. The highest BCUT2D eigenvalue weighted by atomic mass is 32.1. The number of anilines is 3. The lowest BCUT2D eigenvalue weighted by Gasteiger charge is -2.30. The van der Waals surface area contributed by atoms with E-state index >= 15 is 0 Å². The Balaban J connectivity index is 1.01. The van der Waals surface area contributed by atoms with Crippen molar-refractivity contribution in [1.82, 2.24) is 4.57 Å². The Kier molecular flexibility index (Phi) is 9.40. The molecule has 0 amide bonds. The van der Waals surface area contributed by atoms with Crippen molar-refractivity contribution in [3.63, 3.8) is 0 Å². The lowest BCUT2D eigenvalue weighted by atomic mass is 9.94. The van der Waals surface area contributed by atoms with E-state index < -0.39 is 0 Å². The largest absolute Gasteiger partial charge is 0.309 e. The van der Waals surface area contributed by atoms with Gasteiger partial charge < -0.3 is 9.47 Å². The van der Waals surface area contributed by atoms with Gasteiger partial charge in [0.05, 0.1) is 22.4 Å². The van der Waals surface area contributed by atoms with Gasteiger partial charge in [0, 0.05) is 59.0 Å². The zero-order valence-corrected chi connectivity index (χ0v) is 37.4. The molecular weight excluding hydrogens is 829 g/mol. The van der Waals surface area contributed by atoms with Gasteiger partial charge in [-0.1, -0.05) is 194 Å². The zero-order valence-electron chi connectivity index (χ0n) is 36.6. The third kappa shape index (κ3) is 6.71. The lowest BCUT2D eigenvalue weighted by Crippen LogP contribution is -2.12. The summed E-state index contributed by atoms with van der Waals surface area (Å²) in [6.45, 7) is 0. The Bertz CT molecular complexity index is 3940. The molecule has 2 heterocycles. The van der Waals surface area contributed by atoms with E-state index in [4.69, 9.17) is 0 Å². The SMILES string of the molecule is c1ccc(-c2ccc(-c3ccc4ccccc4c3)cc2N(c2ccc(-c3cccc(-n4c5ccccc5c5ccccc54)c3)cc2)c2ccccc2-c2cccc3c2sc2ccccc23)cc1. The maximum atomic E-state index is 2.49. The lowest BCUT2D eigenvalue weighted by molar-refractivity contribution is 1.18. The Morgan fingerprint density at radius 3 is 1.72 bits per heavy atom. The van der Waals surface area contributed by atoms with Gasteiger partial charge in [0.2, 0.25) is 0 Å². The highest BCUT2D eigenvalue weighted by molar-refractivity contribution is 7.26. The molecule has 0 N–H and O–H groups in total. The Labute approximate surface area is 393 Å². The van der Waals surface area contributed by atoms with Crippen LogP contribution in [0.5, 0.6) is 0 Å². The molecule has 0 unspecified atom stereocenters. The van der Waals surface area contributed by atoms with E-state index in [9.17, 15) is 0 Å². The second-order valence-corrected chi connectivity index (χ2v) is 18.3. The zero-order chi connectivity index (χ0) is 44.3. The van der Waals surface area contributed by atoms with Crippen molar-refractivity contribution < 1.29 is 0 Å². The van der Waals surface area contributed by atoms with Crippen molar-refractivity contribution >= 4 is 81.1 Å². The maximum absolute atomic E-state index is 2.49. The van der Waals surface area contributed by atoms with Crippen LogP contribution in [0.2, 0.25) is 0 Å². The van der Waals surface area contributed by atoms with Crippen molar-refractivity contribution in [2.75, 3.05) is 4.90 Å². The average Bonchev–Trinajstić information content (AvgIpc) is 3.96. The van der Waals surface area contributed by atoms with Crippen LogP contribution in [0.15, 0.2) is 255 Å². The molecule has 0 radical (unpaired) electrons. The highest BCUT2D eigenvalue weighted by Crippen LogP contribution is 2.49. The number of thiophene rings is 1. The summed E-state index contributed by atoms with van der Waals surface area (Å²) >= 11 is 1.88. The molecule has 0 saturated carbocycles. The van der Waals surface area contributed by atoms with Gasteiger partial charge in [0.1, 0.15) is 0 Å². The number of benzene rings is 11. The number of fused-ring (bicyclic) bond motifs is 7. The average molecular weight is 871 g/mol. The number of hydrogen-bond donors (Lipinski definition) is 0. The fraction of sp³-hybridized carbons (Fsp3) is 0. The molecule has 3 heteroatoms. The third-order valence-electron chi connectivity index (χ3n) is 13.4. The molecule has 0 spiro atoms. The molecule has 11 aromatic carbocycles. The molecular formula is C64H42N2S. The van der Waals surface area contributed by atoms with Crippen LogP contribution < -0.4 is 4.90 Å². The number of aromatic nitrogens is 1. The van der Waals surface area contributed by atoms with Crippen molar-refractivity contribution in [3.8, 4) is 50.2 Å². The molecule has 0 aliphatic carbocycles. The first-order valence-electron chi connectivity index (χ1n) is 22.9. The van der Waals surface area contributed by atoms with Gasteiger partial charge in [-0.15, -0.1) is 11.3 Å². The summed E-state index contributed by atoms with van der Waals surface area (Å²) in [7, 11) is 0. The normalized spacial score (nSPS) is 11.6. The van der Waals surface area contributed by atoms with Crippen molar-refractivity contribution in [2.45, 2.75) is 0 Å². The molecule has 0 atom stereocenters. The second kappa shape index (κ2) is 16.2. The molecule has 2 nitrogen and oxygen atoms in total. The van der Waals surface area contributed by atoms with Crippen molar-refractivity contribution in [2.24, 2.45) is 0 Å². The minimum atomic E-state index is 1.08. The van der Waals surface area contributed by atoms with Crippen molar-refractivity contribution in [1.29, 1.82) is 0 Å². The van der Waals surface area contributed by atoms with E-state index in [2.05, 4.69) is 264 Å². The van der Waals surface area contributed by atoms with Crippen LogP contribution in [-0.2, 0) is 0 Å². The molecule has 67 heavy (non-hydrogen) atoms. The van der Waals surface area contributed by atoms with E-state index in [1.807, 2.05) is 11.3 Å². The van der Waals surface area contributed by atoms with Crippen LogP contribution in [0.1, 0.15) is 0 Å². The van der Waals surface area contributed by atoms with Crippen LogP contribution in [0.25, 0.3) is 103 Å². The number of nitrogens with zero attached hydrogens (tertiary/aromatic N) is 2. The van der Waals surface area contributed by atoms with Gasteiger partial charge in [-0.2, -0.15) is 0 Å². The molecule has 13 rings (SSSR count). The monoisotopic (exact) mass is 870 g/mol. The molecule has 13 aromatic rings. The summed E-state index contributed by atoms with van der Waals surface area (Å²) in [5.74, 6) is 0. The molecule has 0 aliphatic heterocycles. The maximum Gasteiger partial charge on any atom is 0.0546 e. The minimum absolute atomic E-state index is 1.08. The first-order chi connectivity index (χ1) is 33.2. The van der Waals surface area contributed by atoms with Crippen molar-refractivity contribution in [3.05, 3.63) is 255 Å². The van der Waals surface area contributed by atoms with E-state index in [1.54, 1.807) is 0 Å². The molecule has 0 fully saturated rings. The summed E-state index contributed by atoms with van der Waals surface area (Å²) < 4.78 is 4.99. The fourth-order valence-corrected chi connectivity index (χ4v) is 11.4. The summed E-state index contributed by atoms with van der Waals surface area (Å²) in [4.78, 5) is 2.49. The van der Waals surface area contributed by atoms with E-state index in [0.717, 1.165) is 50.6 Å². The number of rotatable bonds is 8. The number of para-hydroxylation sites is 3. The van der Waals surface area contributed by atoms with Gasteiger partial charge in [-0.25, -0.2) is 0 Å². The summed E-state index contributed by atoms with van der Waals surface area (Å²) in [5, 5.41) is 7.57. The Morgan fingerprint density at radius 2 is 0.896 bits per heavy atom. The topological polar surface area (TPSA) is 8.17 Å². The molecule has 2 aromatic heterocycles. The van der Waals surface area contributed by atoms with Crippen LogP contribution >= 0.6 is 11.3 Å². The molecule has 0 aliphatic rings. The standard InChI is InChI=1S/C64H42N2S/c1-2-17-45(18-3-1)52-39-36-49(48-33-32-43-16-4-5-19-46(43)40-48)42-62(52)65(61-30-12-8-24-55(61)57-26-15-27-58-56-25-9-13-31-63(56)67-64(57)58)50-37-34-44(35-38-50)47-20-14-21-51(41-47)66-59-28-10-6-22-53(59)54-23-7-11-29-60(54)66/h1-42H. The Morgan fingerprint density at radius 1 is 0.313 bits per heavy atom. The molecule has 314 valence electrons. The fourth-order valence-electron chi connectivity index (χ4n) is 10.2. The first kappa shape index (κ1) is 38.9. The van der Waals surface area contributed by atoms with Crippen LogP contribution in [0.3, 0.4) is 0 Å². The smallest absolute Gasteiger partial charge is 0.0546 e. The summed E-state index contributed by atoms with van der Waals surface area (Å²) in [6, 6.07) is 93.3. The highest BCUT2D eigenvalue weighted by Gasteiger charge is 2.23. The van der Waals surface area contributed by atoms with Gasteiger partial charge in [-0.3, -0.25) is 0 Å². The van der Waals surface area contributed by atoms with Gasteiger partial charge in [0.15, 0.2) is 0 Å². The quantitative estimate of drug-likeness (QED) is 0.148. The van der Waals surface area contributed by atoms with Gasteiger partial charge in [-0.05, 0) is 99.3 Å². The molecule has 0 bridgehead atoms. The first-order valence-corrected chi connectivity index (χ1v) is 23.7. The third-order valence-corrected chi connectivity index (χ3v) is 14.6. The second-order valence-electron chi connectivity index (χ2n) is 17.3. The molecule has 0 saturated heterocycles. The van der Waals surface area contributed by atoms with E-state index in [0.29, 0.717) is 0 Å². The van der Waals surface area contributed by atoms with Crippen LogP contribution in [0, 0.1) is 0 Å². The predicted octanol–water partition coefficient (Wildman–Crippen LogP) is 18.4. The van der Waals surface area contributed by atoms with Gasteiger partial charge >= 0.3 is 0 Å². The summed E-state index contributed by atoms with van der Waals surface area (Å²) in [5.41, 5.74) is 16.2. The van der Waals surface area contributed by atoms with E-state index in [1.165, 1.54) is 69.4 Å². The van der Waals surface area contributed by atoms with E-state index in [-0.39, 0.29) is 0 Å². The van der Waals surface area contributed by atoms with Gasteiger partial charge in [0.25, 0.3) is 0 Å². The van der Waals surface area contributed by atoms with Crippen LogP contribution in [0.4, 0.5) is 17.1 Å². The van der Waals surface area contributed by atoms with Crippen LogP contribution in [-0.4, -0.2) is 4.57 Å². The minimum Gasteiger partial charge on any atom is -0.309 e. The summed E-state index contributed by atoms with van der Waals surface area (Å²) in [6.07, 6.45) is 0. The Hall–Kier alpha value is -8.50.